The van der Waals surface area contributed by atoms with E-state index >= 15 is 0 Å². The Morgan fingerprint density at radius 2 is 2.14 bits per heavy atom. The zero-order valence-corrected chi connectivity index (χ0v) is 12.5. The Kier molecular flexibility index (Phi) is 5.15. The number of hydrogen-bond acceptors (Lipinski definition) is 6. The Labute approximate surface area is 131 Å². The van der Waals surface area contributed by atoms with E-state index in [1.165, 1.54) is 24.4 Å². The molecule has 0 unspecified atom stereocenters. The fraction of sp³-hybridized carbons (Fsp3) is 0.167. The van der Waals surface area contributed by atoms with Crippen molar-refractivity contribution >= 4 is 27.4 Å². The van der Waals surface area contributed by atoms with Gasteiger partial charge < -0.3 is 10.1 Å². The molecule has 0 amide bonds. The average molecular weight is 375 g/mol. The molecule has 2 aromatic rings. The van der Waals surface area contributed by atoms with E-state index in [1.807, 2.05) is 0 Å². The Balaban J connectivity index is 2.05. The van der Waals surface area contributed by atoms with E-state index in [4.69, 9.17) is 0 Å². The van der Waals surface area contributed by atoms with Crippen LogP contribution in [-0.4, -0.2) is 21.5 Å². The second-order valence-electron chi connectivity index (χ2n) is 4.00. The average Bonchev–Trinajstić information content (AvgIpc) is 2.46. The first-order valence-electron chi connectivity index (χ1n) is 5.89. The van der Waals surface area contributed by atoms with Crippen LogP contribution in [0.2, 0.25) is 0 Å². The lowest BCUT2D eigenvalue weighted by Crippen LogP contribution is -2.07. The van der Waals surface area contributed by atoms with Crippen molar-refractivity contribution < 1.29 is 18.4 Å². The highest BCUT2D eigenvalue weighted by molar-refractivity contribution is 9.10. The molecule has 0 atom stereocenters. The third-order valence-corrected chi connectivity index (χ3v) is 2.92. The number of alkyl halides is 2. The number of ether oxygens (including phenoxy) is 1. The summed E-state index contributed by atoms with van der Waals surface area (Å²) in [6, 6.07) is 4.12. The van der Waals surface area contributed by atoms with Crippen molar-refractivity contribution in [2.75, 3.05) is 5.32 Å². The highest BCUT2D eigenvalue weighted by atomic mass is 79.9. The lowest BCUT2D eigenvalue weighted by molar-refractivity contribution is -0.384. The number of anilines is 1. The molecular weight excluding hydrogens is 366 g/mol. The molecule has 0 saturated heterocycles. The van der Waals surface area contributed by atoms with Gasteiger partial charge in [-0.3, -0.25) is 15.1 Å². The van der Waals surface area contributed by atoms with Crippen LogP contribution in [0.3, 0.4) is 0 Å². The molecule has 2 rings (SSSR count). The van der Waals surface area contributed by atoms with Gasteiger partial charge in [-0.05, 0) is 28.1 Å². The number of nitrogens with zero attached hydrogens (tertiary/aromatic N) is 3. The molecule has 7 nitrogen and oxygen atoms in total. The molecule has 0 aromatic carbocycles. The monoisotopic (exact) mass is 374 g/mol. The Morgan fingerprint density at radius 3 is 2.73 bits per heavy atom. The summed E-state index contributed by atoms with van der Waals surface area (Å²) in [4.78, 5) is 18.2. The van der Waals surface area contributed by atoms with Crippen LogP contribution in [0.4, 0.5) is 20.3 Å². The van der Waals surface area contributed by atoms with E-state index in [2.05, 4.69) is 36.0 Å². The van der Waals surface area contributed by atoms with Gasteiger partial charge >= 0.3 is 12.3 Å². The third-order valence-electron chi connectivity index (χ3n) is 2.49. The molecule has 0 radical (unpaired) electrons. The van der Waals surface area contributed by atoms with E-state index in [0.29, 0.717) is 10.2 Å². The summed E-state index contributed by atoms with van der Waals surface area (Å²) in [6.45, 7) is -2.77. The van der Waals surface area contributed by atoms with E-state index in [-0.39, 0.29) is 23.8 Å². The summed E-state index contributed by atoms with van der Waals surface area (Å²) >= 11 is 3.11. The van der Waals surface area contributed by atoms with Gasteiger partial charge in [-0.1, -0.05) is 0 Å². The molecule has 0 saturated carbocycles. The second-order valence-corrected chi connectivity index (χ2v) is 4.91. The first-order chi connectivity index (χ1) is 10.5. The van der Waals surface area contributed by atoms with Crippen LogP contribution in [-0.2, 0) is 6.54 Å². The van der Waals surface area contributed by atoms with Gasteiger partial charge in [0.2, 0.25) is 5.82 Å². The van der Waals surface area contributed by atoms with Crippen molar-refractivity contribution in [2.24, 2.45) is 0 Å². The minimum absolute atomic E-state index is 0.0634. The minimum Gasteiger partial charge on any atom is -0.433 e. The largest absolute Gasteiger partial charge is 0.433 e. The van der Waals surface area contributed by atoms with Gasteiger partial charge in [0.25, 0.3) is 0 Å². The van der Waals surface area contributed by atoms with Crippen LogP contribution in [0.5, 0.6) is 5.75 Å². The summed E-state index contributed by atoms with van der Waals surface area (Å²) in [7, 11) is 0. The molecule has 0 spiro atoms. The third kappa shape index (κ3) is 4.32. The molecule has 1 N–H and O–H groups in total. The predicted molar refractivity (Wildman–Crippen MR) is 76.8 cm³/mol. The number of nitro groups is 1. The van der Waals surface area contributed by atoms with Crippen LogP contribution in [0.15, 0.2) is 35.1 Å². The van der Waals surface area contributed by atoms with Crippen molar-refractivity contribution in [3.05, 3.63) is 50.9 Å². The van der Waals surface area contributed by atoms with E-state index in [1.54, 1.807) is 0 Å². The minimum atomic E-state index is -2.92. The highest BCUT2D eigenvalue weighted by Gasteiger charge is 2.15. The molecule has 10 heteroatoms. The van der Waals surface area contributed by atoms with Crippen molar-refractivity contribution in [1.82, 2.24) is 9.97 Å². The smallest absolute Gasteiger partial charge is 0.387 e. The Morgan fingerprint density at radius 1 is 1.36 bits per heavy atom. The molecule has 22 heavy (non-hydrogen) atoms. The molecule has 0 fully saturated rings. The maximum atomic E-state index is 12.0. The second kappa shape index (κ2) is 7.07. The first-order valence-corrected chi connectivity index (χ1v) is 6.68. The van der Waals surface area contributed by atoms with Crippen molar-refractivity contribution in [3.8, 4) is 5.75 Å². The lowest BCUT2D eigenvalue weighted by atomic mass is 10.3. The van der Waals surface area contributed by atoms with Gasteiger partial charge in [-0.2, -0.15) is 8.78 Å². The van der Waals surface area contributed by atoms with Crippen molar-refractivity contribution in [2.45, 2.75) is 13.2 Å². The maximum absolute atomic E-state index is 12.0. The zero-order chi connectivity index (χ0) is 16.1. The SMILES string of the molecule is O=[N+]([O-])c1cc(Br)cnc1NCc1ccc(OC(F)F)cn1. The quantitative estimate of drug-likeness (QED) is 0.615. The lowest BCUT2D eigenvalue weighted by Gasteiger charge is -2.07. The molecule has 0 aliphatic rings. The van der Waals surface area contributed by atoms with Crippen LogP contribution in [0, 0.1) is 10.1 Å². The Hall–Kier alpha value is -2.36. The van der Waals surface area contributed by atoms with Crippen LogP contribution in [0.1, 0.15) is 5.69 Å². The number of nitrogens with one attached hydrogen (secondary N) is 1. The summed E-state index contributed by atoms with van der Waals surface area (Å²) in [5, 5.41) is 13.7. The van der Waals surface area contributed by atoms with E-state index < -0.39 is 11.5 Å². The predicted octanol–water partition coefficient (Wildman–Crippen LogP) is 3.36. The molecule has 0 aliphatic heterocycles. The molecule has 2 heterocycles. The first kappa shape index (κ1) is 16.0. The topological polar surface area (TPSA) is 90.2 Å². The highest BCUT2D eigenvalue weighted by Crippen LogP contribution is 2.25. The fourth-order valence-corrected chi connectivity index (χ4v) is 1.89. The van der Waals surface area contributed by atoms with Gasteiger partial charge in [-0.15, -0.1) is 0 Å². The zero-order valence-electron chi connectivity index (χ0n) is 10.9. The normalized spacial score (nSPS) is 10.5. The van der Waals surface area contributed by atoms with Gasteiger partial charge in [-0.25, -0.2) is 4.98 Å². The standard InChI is InChI=1S/C12H9BrF2N4O3/c13-7-3-10(19(20)21)11(17-4-7)18-5-8-1-2-9(6-16-8)22-12(14)15/h1-4,6,12H,5H2,(H,17,18). The number of halogens is 3. The molecule has 0 aliphatic carbocycles. The van der Waals surface area contributed by atoms with Crippen molar-refractivity contribution in [1.29, 1.82) is 0 Å². The fourth-order valence-electron chi connectivity index (χ4n) is 1.57. The number of aromatic nitrogens is 2. The van der Waals surface area contributed by atoms with E-state index in [0.717, 1.165) is 6.20 Å². The van der Waals surface area contributed by atoms with Gasteiger partial charge in [0.15, 0.2) is 0 Å². The molecule has 116 valence electrons. The van der Waals surface area contributed by atoms with Gasteiger partial charge in [0, 0.05) is 16.7 Å². The Bertz CT molecular complexity index is 670. The summed E-state index contributed by atoms with van der Waals surface area (Å²) in [6.07, 6.45) is 2.56. The van der Waals surface area contributed by atoms with Gasteiger partial charge in [0.1, 0.15) is 5.75 Å². The molecule has 2 aromatic heterocycles. The van der Waals surface area contributed by atoms with Crippen LogP contribution < -0.4 is 10.1 Å². The van der Waals surface area contributed by atoms with Crippen LogP contribution in [0.25, 0.3) is 0 Å². The molecule has 0 bridgehead atoms. The molecular formula is C12H9BrF2N4O3. The number of pyridine rings is 2. The number of hydrogen-bond donors (Lipinski definition) is 1. The summed E-state index contributed by atoms with van der Waals surface area (Å²) in [5.41, 5.74) is 0.299. The number of rotatable bonds is 6. The summed E-state index contributed by atoms with van der Waals surface area (Å²) in [5.74, 6) is 0.0226. The van der Waals surface area contributed by atoms with Gasteiger partial charge in [0.05, 0.1) is 23.4 Å². The van der Waals surface area contributed by atoms with Crippen molar-refractivity contribution in [3.63, 3.8) is 0 Å². The summed E-state index contributed by atoms with van der Waals surface area (Å²) < 4.78 is 28.7. The van der Waals surface area contributed by atoms with E-state index in [9.17, 15) is 18.9 Å². The van der Waals surface area contributed by atoms with Crippen LogP contribution >= 0.6 is 15.9 Å². The maximum Gasteiger partial charge on any atom is 0.387 e.